The second-order valence-corrected chi connectivity index (χ2v) is 12.5. The fourth-order valence-corrected chi connectivity index (χ4v) is 8.17. The molecule has 1 heterocycles. The number of nitrogens with zero attached hydrogens (tertiary/aromatic N) is 1. The van der Waals surface area contributed by atoms with Crippen LogP contribution in [0, 0.1) is 0 Å². The predicted octanol–water partition coefficient (Wildman–Crippen LogP) is 11.0. The van der Waals surface area contributed by atoms with Gasteiger partial charge >= 0.3 is 0 Å². The second kappa shape index (κ2) is 7.57. The van der Waals surface area contributed by atoms with Crippen LogP contribution < -0.4 is 0 Å². The number of hydrogen-bond donors (Lipinski definition) is 0. The highest BCUT2D eigenvalue weighted by molar-refractivity contribution is 6.30. The zero-order chi connectivity index (χ0) is 27.7. The highest BCUT2D eigenvalue weighted by Crippen LogP contribution is 2.52. The van der Waals surface area contributed by atoms with Crippen LogP contribution in [0.5, 0.6) is 0 Å². The van der Waals surface area contributed by atoms with Crippen molar-refractivity contribution in [3.8, 4) is 39.1 Å². The molecule has 0 unspecified atom stereocenters. The Kier molecular flexibility index (Phi) is 4.06. The van der Waals surface area contributed by atoms with Crippen molar-refractivity contribution in [2.24, 2.45) is 0 Å². The van der Waals surface area contributed by atoms with Crippen LogP contribution in [-0.2, 0) is 5.41 Å². The van der Waals surface area contributed by atoms with E-state index in [2.05, 4.69) is 146 Å². The summed E-state index contributed by atoms with van der Waals surface area (Å²) < 4.78 is 2.53. The largest absolute Gasteiger partial charge is 0.309 e. The van der Waals surface area contributed by atoms with Gasteiger partial charge in [0.05, 0.1) is 11.0 Å². The van der Waals surface area contributed by atoms with Crippen LogP contribution in [0.2, 0.25) is 0 Å². The number of rotatable bonds is 1. The Balaban J connectivity index is 1.38. The van der Waals surface area contributed by atoms with Gasteiger partial charge in [-0.15, -0.1) is 0 Å². The van der Waals surface area contributed by atoms with Crippen molar-refractivity contribution >= 4 is 43.4 Å². The van der Waals surface area contributed by atoms with Gasteiger partial charge in [0.25, 0.3) is 0 Å². The smallest absolute Gasteiger partial charge is 0.0553 e. The lowest BCUT2D eigenvalue weighted by Gasteiger charge is -2.22. The molecule has 0 radical (unpaired) electrons. The molecule has 7 aromatic carbocycles. The number of hydrogen-bond acceptors (Lipinski definition) is 0. The molecule has 196 valence electrons. The molecule has 8 aromatic rings. The lowest BCUT2D eigenvalue weighted by molar-refractivity contribution is 0.660. The molecule has 1 aromatic heterocycles. The quantitative estimate of drug-likeness (QED) is 0.198. The van der Waals surface area contributed by atoms with E-state index >= 15 is 0 Å². The van der Waals surface area contributed by atoms with Gasteiger partial charge in [0, 0.05) is 21.9 Å². The lowest BCUT2D eigenvalue weighted by atomic mass is 9.82. The van der Waals surface area contributed by atoms with Crippen molar-refractivity contribution in [2.75, 3.05) is 0 Å². The standard InChI is InChI=1S/C41H27N/c1-41(2)35-17-8-7-14-29(35)30-19-18-26(22-36(30)41)42-37-21-25-11-4-3-10-24(25)20-34(37)40-32-16-9-15-31-27-12-5-6-13-28(27)33(39(31)32)23-38(40)42/h3-23H,1-2H3. The maximum atomic E-state index is 2.53. The first kappa shape index (κ1) is 22.5. The molecule has 1 nitrogen and oxygen atoms in total. The molecule has 2 aliphatic rings. The van der Waals surface area contributed by atoms with E-state index in [0.717, 1.165) is 0 Å². The Labute approximate surface area is 244 Å². The van der Waals surface area contributed by atoms with E-state index in [0.29, 0.717) is 0 Å². The second-order valence-electron chi connectivity index (χ2n) is 12.5. The number of fused-ring (bicyclic) bond motifs is 11. The molecule has 0 fully saturated rings. The van der Waals surface area contributed by atoms with Crippen LogP contribution in [0.15, 0.2) is 127 Å². The average molecular weight is 534 g/mol. The highest BCUT2D eigenvalue weighted by Gasteiger charge is 2.35. The zero-order valence-electron chi connectivity index (χ0n) is 23.6. The van der Waals surface area contributed by atoms with Crippen LogP contribution in [0.3, 0.4) is 0 Å². The third-order valence-corrected chi connectivity index (χ3v) is 10.1. The van der Waals surface area contributed by atoms with Gasteiger partial charge in [0.2, 0.25) is 0 Å². The Morgan fingerprint density at radius 3 is 1.93 bits per heavy atom. The summed E-state index contributed by atoms with van der Waals surface area (Å²) in [5.74, 6) is 0. The van der Waals surface area contributed by atoms with Gasteiger partial charge in [-0.3, -0.25) is 0 Å². The minimum atomic E-state index is -0.0536. The third-order valence-electron chi connectivity index (χ3n) is 10.1. The maximum absolute atomic E-state index is 2.53. The van der Waals surface area contributed by atoms with Gasteiger partial charge in [-0.1, -0.05) is 111 Å². The first-order valence-corrected chi connectivity index (χ1v) is 14.9. The summed E-state index contributed by atoms with van der Waals surface area (Å²) in [4.78, 5) is 0. The number of aromatic nitrogens is 1. The minimum Gasteiger partial charge on any atom is -0.309 e. The van der Waals surface area contributed by atoms with Gasteiger partial charge in [0.15, 0.2) is 0 Å². The fraction of sp³-hybridized carbons (Fsp3) is 0.0732. The van der Waals surface area contributed by atoms with Gasteiger partial charge in [-0.05, 0) is 96.4 Å². The molecule has 42 heavy (non-hydrogen) atoms. The molecule has 0 N–H and O–H groups in total. The molecule has 0 spiro atoms. The molecule has 0 aliphatic heterocycles. The predicted molar refractivity (Wildman–Crippen MR) is 178 cm³/mol. The summed E-state index contributed by atoms with van der Waals surface area (Å²) in [6.45, 7) is 4.74. The van der Waals surface area contributed by atoms with Crippen molar-refractivity contribution in [2.45, 2.75) is 19.3 Å². The SMILES string of the molecule is CC1(C)c2ccccc2-c2ccc(-n3c4cc5ccccc5cc4c4c5cccc6c5c(cc43)-c3ccccc3-6)cc21. The van der Waals surface area contributed by atoms with Crippen molar-refractivity contribution in [3.63, 3.8) is 0 Å². The average Bonchev–Trinajstić information content (AvgIpc) is 3.61. The summed E-state index contributed by atoms with van der Waals surface area (Å²) in [5.41, 5.74) is 14.6. The summed E-state index contributed by atoms with van der Waals surface area (Å²) in [6, 6.07) is 47.8. The molecule has 10 rings (SSSR count). The molecule has 1 heteroatoms. The van der Waals surface area contributed by atoms with E-state index in [4.69, 9.17) is 0 Å². The van der Waals surface area contributed by atoms with Crippen LogP contribution >= 0.6 is 0 Å². The van der Waals surface area contributed by atoms with E-state index in [9.17, 15) is 0 Å². The molecule has 2 aliphatic carbocycles. The highest BCUT2D eigenvalue weighted by atomic mass is 15.0. The monoisotopic (exact) mass is 533 g/mol. The Hall–Kier alpha value is -5.14. The lowest BCUT2D eigenvalue weighted by Crippen LogP contribution is -2.15. The Bertz CT molecular complexity index is 2490. The summed E-state index contributed by atoms with van der Waals surface area (Å²) in [6.07, 6.45) is 0. The van der Waals surface area contributed by atoms with Gasteiger partial charge in [-0.25, -0.2) is 0 Å². The van der Waals surface area contributed by atoms with Crippen molar-refractivity contribution < 1.29 is 0 Å². The first-order chi connectivity index (χ1) is 20.6. The molecular formula is C41H27N. The maximum Gasteiger partial charge on any atom is 0.0553 e. The van der Waals surface area contributed by atoms with E-state index in [1.165, 1.54) is 93.5 Å². The van der Waals surface area contributed by atoms with Crippen molar-refractivity contribution in [3.05, 3.63) is 139 Å². The third kappa shape index (κ3) is 2.65. The van der Waals surface area contributed by atoms with Crippen LogP contribution in [0.25, 0.3) is 82.4 Å². The minimum absolute atomic E-state index is 0.0536. The van der Waals surface area contributed by atoms with Crippen LogP contribution in [0.1, 0.15) is 25.0 Å². The van der Waals surface area contributed by atoms with Gasteiger partial charge in [0.1, 0.15) is 0 Å². The molecule has 0 atom stereocenters. The van der Waals surface area contributed by atoms with Gasteiger partial charge in [-0.2, -0.15) is 0 Å². The molecule has 0 amide bonds. The van der Waals surface area contributed by atoms with E-state index in [-0.39, 0.29) is 5.41 Å². The van der Waals surface area contributed by atoms with Crippen molar-refractivity contribution in [1.29, 1.82) is 0 Å². The Morgan fingerprint density at radius 2 is 1.10 bits per heavy atom. The Morgan fingerprint density at radius 1 is 0.429 bits per heavy atom. The van der Waals surface area contributed by atoms with E-state index in [1.807, 2.05) is 0 Å². The van der Waals surface area contributed by atoms with Crippen molar-refractivity contribution in [1.82, 2.24) is 4.57 Å². The number of benzene rings is 7. The zero-order valence-corrected chi connectivity index (χ0v) is 23.6. The van der Waals surface area contributed by atoms with Gasteiger partial charge < -0.3 is 4.57 Å². The molecule has 0 bridgehead atoms. The topological polar surface area (TPSA) is 4.93 Å². The van der Waals surface area contributed by atoms with Crippen LogP contribution in [-0.4, -0.2) is 4.57 Å². The first-order valence-electron chi connectivity index (χ1n) is 14.9. The van der Waals surface area contributed by atoms with E-state index in [1.54, 1.807) is 0 Å². The summed E-state index contributed by atoms with van der Waals surface area (Å²) in [7, 11) is 0. The molecule has 0 saturated carbocycles. The molecular weight excluding hydrogens is 506 g/mol. The van der Waals surface area contributed by atoms with E-state index < -0.39 is 0 Å². The summed E-state index contributed by atoms with van der Waals surface area (Å²) in [5, 5.41) is 7.92. The summed E-state index contributed by atoms with van der Waals surface area (Å²) >= 11 is 0. The fourth-order valence-electron chi connectivity index (χ4n) is 8.17. The van der Waals surface area contributed by atoms with Crippen LogP contribution in [0.4, 0.5) is 0 Å². The normalized spacial score (nSPS) is 14.1. The molecule has 0 saturated heterocycles.